The molecular formula is C26H26FN7O3S. The number of pyridine rings is 1. The van der Waals surface area contributed by atoms with Crippen molar-refractivity contribution in [2.45, 2.75) is 25.1 Å². The van der Waals surface area contributed by atoms with Crippen molar-refractivity contribution in [1.82, 2.24) is 29.7 Å². The van der Waals surface area contributed by atoms with Crippen LogP contribution in [0.5, 0.6) is 0 Å². The molecular weight excluding hydrogens is 509 g/mol. The summed E-state index contributed by atoms with van der Waals surface area (Å²) in [7, 11) is 0. The first-order valence-corrected chi connectivity index (χ1v) is 12.9. The van der Waals surface area contributed by atoms with Gasteiger partial charge in [0, 0.05) is 31.9 Å². The van der Waals surface area contributed by atoms with Crippen molar-refractivity contribution >= 4 is 45.0 Å². The number of benzene rings is 1. The summed E-state index contributed by atoms with van der Waals surface area (Å²) < 4.78 is 15.1. The zero-order valence-corrected chi connectivity index (χ0v) is 21.2. The Morgan fingerprint density at radius 1 is 1.21 bits per heavy atom. The molecule has 4 heterocycles. The second-order valence-corrected chi connectivity index (χ2v) is 9.98. The number of aliphatic hydroxyl groups is 1. The third-order valence-electron chi connectivity index (χ3n) is 6.30. The van der Waals surface area contributed by atoms with Crippen molar-refractivity contribution in [3.05, 3.63) is 67.5 Å². The van der Waals surface area contributed by atoms with E-state index in [1.165, 1.54) is 29.5 Å². The van der Waals surface area contributed by atoms with Crippen molar-refractivity contribution in [1.29, 1.82) is 0 Å². The van der Waals surface area contributed by atoms with Gasteiger partial charge in [-0.05, 0) is 30.2 Å². The van der Waals surface area contributed by atoms with Gasteiger partial charge in [-0.1, -0.05) is 30.0 Å². The van der Waals surface area contributed by atoms with Gasteiger partial charge in [0.15, 0.2) is 10.9 Å². The molecule has 1 saturated heterocycles. The summed E-state index contributed by atoms with van der Waals surface area (Å²) in [6.45, 7) is 4.61. The first-order valence-electron chi connectivity index (χ1n) is 12.0. The SMILES string of the molecule is C=CC(=O)CN1C[C@H](O)C[C@@H]1C(=O)NCCn1cnc2cnc(Nc3ncc(-c4ccc(F)cc4)s3)cc21. The third-order valence-corrected chi connectivity index (χ3v) is 7.26. The molecule has 0 saturated carbocycles. The van der Waals surface area contributed by atoms with Crippen molar-refractivity contribution < 1.29 is 19.1 Å². The van der Waals surface area contributed by atoms with E-state index < -0.39 is 12.1 Å². The monoisotopic (exact) mass is 535 g/mol. The number of ketones is 1. The number of halogens is 1. The topological polar surface area (TPSA) is 125 Å². The molecule has 1 aromatic carbocycles. The van der Waals surface area contributed by atoms with Crippen LogP contribution in [-0.4, -0.2) is 73.0 Å². The molecule has 0 bridgehead atoms. The number of aliphatic hydroxyl groups excluding tert-OH is 1. The van der Waals surface area contributed by atoms with Crippen LogP contribution in [0.4, 0.5) is 15.3 Å². The summed E-state index contributed by atoms with van der Waals surface area (Å²) in [5, 5.41) is 16.8. The van der Waals surface area contributed by atoms with E-state index in [-0.39, 0.29) is 37.0 Å². The van der Waals surface area contributed by atoms with Crippen LogP contribution in [0.15, 0.2) is 61.7 Å². The van der Waals surface area contributed by atoms with E-state index in [4.69, 9.17) is 0 Å². The molecule has 0 unspecified atom stereocenters. The fourth-order valence-corrected chi connectivity index (χ4v) is 5.23. The van der Waals surface area contributed by atoms with Gasteiger partial charge in [0.1, 0.15) is 17.2 Å². The fraction of sp³-hybridized carbons (Fsp3) is 0.269. The second-order valence-electron chi connectivity index (χ2n) is 8.95. The zero-order chi connectivity index (χ0) is 26.6. The quantitative estimate of drug-likeness (QED) is 0.265. The van der Waals surface area contributed by atoms with E-state index in [0.717, 1.165) is 16.0 Å². The number of thiazole rings is 1. The highest BCUT2D eigenvalue weighted by Crippen LogP contribution is 2.31. The van der Waals surface area contributed by atoms with Crippen LogP contribution in [0.2, 0.25) is 0 Å². The van der Waals surface area contributed by atoms with Gasteiger partial charge in [0.25, 0.3) is 0 Å². The Bertz CT molecular complexity index is 1470. The number of amides is 1. The average molecular weight is 536 g/mol. The molecule has 1 aliphatic heterocycles. The summed E-state index contributed by atoms with van der Waals surface area (Å²) in [5.41, 5.74) is 2.42. The highest BCUT2D eigenvalue weighted by atomic mass is 32.1. The lowest BCUT2D eigenvalue weighted by Crippen LogP contribution is -2.45. The van der Waals surface area contributed by atoms with E-state index in [1.807, 2.05) is 10.6 Å². The minimum atomic E-state index is -0.649. The van der Waals surface area contributed by atoms with Crippen LogP contribution in [-0.2, 0) is 16.1 Å². The van der Waals surface area contributed by atoms with Crippen LogP contribution in [0, 0.1) is 5.82 Å². The number of rotatable bonds is 10. The predicted molar refractivity (Wildman–Crippen MR) is 143 cm³/mol. The van der Waals surface area contributed by atoms with Crippen molar-refractivity contribution in [2.75, 3.05) is 25.0 Å². The maximum absolute atomic E-state index is 13.2. The molecule has 12 heteroatoms. The molecule has 3 aromatic heterocycles. The molecule has 10 nitrogen and oxygen atoms in total. The molecule has 0 radical (unpaired) electrons. The normalized spacial score (nSPS) is 17.5. The lowest BCUT2D eigenvalue weighted by molar-refractivity contribution is -0.126. The Hall–Kier alpha value is -4.00. The number of nitrogens with one attached hydrogen (secondary N) is 2. The highest BCUT2D eigenvalue weighted by molar-refractivity contribution is 7.18. The number of carbonyl (C=O) groups excluding carboxylic acids is 2. The lowest BCUT2D eigenvalue weighted by Gasteiger charge is -2.22. The van der Waals surface area contributed by atoms with Gasteiger partial charge in [-0.15, -0.1) is 0 Å². The van der Waals surface area contributed by atoms with E-state index in [2.05, 4.69) is 32.2 Å². The second kappa shape index (κ2) is 11.2. The molecule has 0 aliphatic carbocycles. The van der Waals surface area contributed by atoms with E-state index >= 15 is 0 Å². The number of imidazole rings is 1. The Morgan fingerprint density at radius 3 is 2.82 bits per heavy atom. The first kappa shape index (κ1) is 25.6. The number of nitrogens with zero attached hydrogens (tertiary/aromatic N) is 5. The smallest absolute Gasteiger partial charge is 0.237 e. The van der Waals surface area contributed by atoms with Gasteiger partial charge >= 0.3 is 0 Å². The summed E-state index contributed by atoms with van der Waals surface area (Å²) in [4.78, 5) is 40.3. The summed E-state index contributed by atoms with van der Waals surface area (Å²) >= 11 is 1.43. The van der Waals surface area contributed by atoms with Gasteiger partial charge in [-0.25, -0.2) is 19.3 Å². The van der Waals surface area contributed by atoms with Crippen LogP contribution >= 0.6 is 11.3 Å². The molecule has 1 amide bonds. The standard InChI is InChI=1S/C26H26FN7O3S/c1-2-18(35)13-34-14-19(36)9-22(34)25(37)28-7-8-33-15-31-20-11-29-24(10-21(20)33)32-26-30-12-23(38-26)16-3-5-17(27)6-4-16/h2-6,10-12,15,19,22,36H,1,7-9,13-14H2,(H,28,37)(H,29,30,32)/t19-,22-/m1/s1. The Balaban J connectivity index is 1.21. The Morgan fingerprint density at radius 2 is 2.03 bits per heavy atom. The van der Waals surface area contributed by atoms with Crippen molar-refractivity contribution in [3.8, 4) is 10.4 Å². The van der Waals surface area contributed by atoms with Crippen molar-refractivity contribution in [2.24, 2.45) is 0 Å². The highest BCUT2D eigenvalue weighted by Gasteiger charge is 2.36. The van der Waals surface area contributed by atoms with Crippen LogP contribution in [0.1, 0.15) is 6.42 Å². The molecule has 38 heavy (non-hydrogen) atoms. The lowest BCUT2D eigenvalue weighted by atomic mass is 10.2. The largest absolute Gasteiger partial charge is 0.392 e. The number of anilines is 2. The average Bonchev–Trinajstić information content (AvgIpc) is 3.63. The number of likely N-dealkylation sites (tertiary alicyclic amines) is 1. The van der Waals surface area contributed by atoms with E-state index in [9.17, 15) is 19.1 Å². The van der Waals surface area contributed by atoms with Gasteiger partial charge in [-0.2, -0.15) is 0 Å². The molecule has 3 N–H and O–H groups in total. The molecule has 0 spiro atoms. The van der Waals surface area contributed by atoms with Crippen molar-refractivity contribution in [3.63, 3.8) is 0 Å². The Labute approximate surface area is 221 Å². The summed E-state index contributed by atoms with van der Waals surface area (Å²) in [6.07, 6.45) is 5.93. The molecule has 5 rings (SSSR count). The number of carbonyl (C=O) groups is 2. The van der Waals surface area contributed by atoms with Gasteiger partial charge < -0.3 is 20.3 Å². The van der Waals surface area contributed by atoms with Gasteiger partial charge in [0.2, 0.25) is 5.91 Å². The molecule has 196 valence electrons. The predicted octanol–water partition coefficient (Wildman–Crippen LogP) is 2.74. The Kier molecular flexibility index (Phi) is 7.54. The van der Waals surface area contributed by atoms with Crippen LogP contribution in [0.3, 0.4) is 0 Å². The first-order chi connectivity index (χ1) is 18.4. The van der Waals surface area contributed by atoms with Gasteiger partial charge in [0.05, 0.1) is 41.6 Å². The minimum absolute atomic E-state index is 0.0536. The maximum atomic E-state index is 13.2. The van der Waals surface area contributed by atoms with Crippen LogP contribution in [0.25, 0.3) is 21.5 Å². The number of hydrogen-bond donors (Lipinski definition) is 3. The molecule has 2 atom stereocenters. The third kappa shape index (κ3) is 5.77. The number of fused-ring (bicyclic) bond motifs is 1. The van der Waals surface area contributed by atoms with Crippen LogP contribution < -0.4 is 10.6 Å². The minimum Gasteiger partial charge on any atom is -0.392 e. The molecule has 1 fully saturated rings. The van der Waals surface area contributed by atoms with E-state index in [0.29, 0.717) is 29.6 Å². The maximum Gasteiger partial charge on any atom is 0.237 e. The van der Waals surface area contributed by atoms with E-state index in [1.54, 1.807) is 35.8 Å². The number of β-amino-alcohol motifs (C(OH)–C–C–N with tert-alkyl or cyclic N) is 1. The fourth-order valence-electron chi connectivity index (χ4n) is 4.41. The number of aromatic nitrogens is 4. The summed E-state index contributed by atoms with van der Waals surface area (Å²) in [6, 6.07) is 7.55. The summed E-state index contributed by atoms with van der Waals surface area (Å²) in [5.74, 6) is -0.118. The zero-order valence-electron chi connectivity index (χ0n) is 20.4. The molecule has 4 aromatic rings. The number of hydrogen-bond acceptors (Lipinski definition) is 9. The molecule has 1 aliphatic rings. The van der Waals surface area contributed by atoms with Gasteiger partial charge in [-0.3, -0.25) is 14.5 Å².